The standard InChI is InChI=1S/C9H9BrClN3O3S/c10-7-1-2-8(13-12-7)14-4-6(3-9(14)15)5-18(11,16)17/h1-2,6H,3-5H2. The molecule has 1 aliphatic heterocycles. The Kier molecular flexibility index (Phi) is 3.88. The molecule has 2 rings (SSSR count). The predicted molar refractivity (Wildman–Crippen MR) is 69.8 cm³/mol. The van der Waals surface area contributed by atoms with Gasteiger partial charge < -0.3 is 0 Å². The molecule has 1 aromatic rings. The molecule has 18 heavy (non-hydrogen) atoms. The van der Waals surface area contributed by atoms with Gasteiger partial charge in [0, 0.05) is 29.6 Å². The van der Waals surface area contributed by atoms with Gasteiger partial charge in [0.2, 0.25) is 15.0 Å². The Balaban J connectivity index is 2.12. The van der Waals surface area contributed by atoms with E-state index < -0.39 is 9.05 Å². The van der Waals surface area contributed by atoms with Crippen molar-refractivity contribution in [2.75, 3.05) is 17.2 Å². The van der Waals surface area contributed by atoms with E-state index >= 15 is 0 Å². The highest BCUT2D eigenvalue weighted by atomic mass is 79.9. The monoisotopic (exact) mass is 353 g/mol. The van der Waals surface area contributed by atoms with Crippen LogP contribution in [-0.4, -0.2) is 36.8 Å². The second-order valence-corrected chi connectivity index (χ2v) is 7.63. The number of carbonyl (C=O) groups is 1. The Bertz CT molecular complexity index is 563. The van der Waals surface area contributed by atoms with E-state index in [4.69, 9.17) is 10.7 Å². The summed E-state index contributed by atoms with van der Waals surface area (Å²) >= 11 is 3.15. The van der Waals surface area contributed by atoms with Crippen molar-refractivity contribution >= 4 is 47.4 Å². The maximum Gasteiger partial charge on any atom is 0.232 e. The molecule has 0 aromatic carbocycles. The molecule has 0 aliphatic carbocycles. The second kappa shape index (κ2) is 5.10. The lowest BCUT2D eigenvalue weighted by Gasteiger charge is -2.14. The van der Waals surface area contributed by atoms with E-state index in [0.717, 1.165) is 0 Å². The Labute approximate surface area is 117 Å². The molecule has 1 atom stereocenters. The molecule has 0 saturated carbocycles. The molecule has 0 radical (unpaired) electrons. The van der Waals surface area contributed by atoms with Crippen molar-refractivity contribution in [1.82, 2.24) is 10.2 Å². The maximum atomic E-state index is 11.8. The highest BCUT2D eigenvalue weighted by molar-refractivity contribution is 9.10. The number of hydrogen-bond acceptors (Lipinski definition) is 5. The Morgan fingerprint density at radius 2 is 2.17 bits per heavy atom. The minimum Gasteiger partial charge on any atom is -0.295 e. The van der Waals surface area contributed by atoms with Crippen LogP contribution < -0.4 is 4.90 Å². The van der Waals surface area contributed by atoms with Crippen LogP contribution in [0.2, 0.25) is 0 Å². The highest BCUT2D eigenvalue weighted by Gasteiger charge is 2.33. The fourth-order valence-corrected chi connectivity index (χ4v) is 3.38. The summed E-state index contributed by atoms with van der Waals surface area (Å²) in [6.07, 6.45) is 0.156. The minimum absolute atomic E-state index is 0.156. The van der Waals surface area contributed by atoms with Crippen molar-refractivity contribution in [3.05, 3.63) is 16.7 Å². The highest BCUT2D eigenvalue weighted by Crippen LogP contribution is 2.25. The summed E-state index contributed by atoms with van der Waals surface area (Å²) in [5.74, 6) is -0.263. The van der Waals surface area contributed by atoms with Gasteiger partial charge in [0.1, 0.15) is 4.60 Å². The molecule has 1 fully saturated rings. The Morgan fingerprint density at radius 3 is 2.72 bits per heavy atom. The molecule has 6 nitrogen and oxygen atoms in total. The topological polar surface area (TPSA) is 80.2 Å². The van der Waals surface area contributed by atoms with Crippen molar-refractivity contribution in [2.24, 2.45) is 5.92 Å². The molecule has 9 heteroatoms. The maximum absolute atomic E-state index is 11.8. The first-order valence-electron chi connectivity index (χ1n) is 5.07. The Hall–Kier alpha value is -0.730. The van der Waals surface area contributed by atoms with Gasteiger partial charge in [-0.3, -0.25) is 9.69 Å². The van der Waals surface area contributed by atoms with Gasteiger partial charge in [0.05, 0.1) is 5.75 Å². The van der Waals surface area contributed by atoms with Crippen molar-refractivity contribution in [3.8, 4) is 0 Å². The smallest absolute Gasteiger partial charge is 0.232 e. The van der Waals surface area contributed by atoms with E-state index in [2.05, 4.69) is 26.1 Å². The summed E-state index contributed by atoms with van der Waals surface area (Å²) in [7, 11) is 1.59. The molecule has 0 bridgehead atoms. The average Bonchev–Trinajstić information content (AvgIpc) is 2.58. The van der Waals surface area contributed by atoms with Gasteiger partial charge in [-0.15, -0.1) is 10.2 Å². The molecule has 1 aliphatic rings. The first kappa shape index (κ1) is 13.7. The van der Waals surface area contributed by atoms with Gasteiger partial charge in [-0.1, -0.05) is 0 Å². The van der Waals surface area contributed by atoms with Gasteiger partial charge in [-0.05, 0) is 28.1 Å². The first-order chi connectivity index (χ1) is 8.35. The van der Waals surface area contributed by atoms with E-state index in [9.17, 15) is 13.2 Å². The number of hydrogen-bond donors (Lipinski definition) is 0. The van der Waals surface area contributed by atoms with Crippen molar-refractivity contribution in [2.45, 2.75) is 6.42 Å². The zero-order chi connectivity index (χ0) is 13.3. The zero-order valence-corrected chi connectivity index (χ0v) is 12.2. The first-order valence-corrected chi connectivity index (χ1v) is 8.34. The van der Waals surface area contributed by atoms with Crippen molar-refractivity contribution in [1.29, 1.82) is 0 Å². The van der Waals surface area contributed by atoms with Crippen LogP contribution in [0.4, 0.5) is 5.82 Å². The number of anilines is 1. The van der Waals surface area contributed by atoms with Crippen LogP contribution in [0.15, 0.2) is 16.7 Å². The number of aromatic nitrogens is 2. The number of amides is 1. The second-order valence-electron chi connectivity index (χ2n) is 3.99. The van der Waals surface area contributed by atoms with Gasteiger partial charge >= 0.3 is 0 Å². The molecular formula is C9H9BrClN3O3S. The molecular weight excluding hydrogens is 346 g/mol. The van der Waals surface area contributed by atoms with Crippen LogP contribution in [0, 0.1) is 5.92 Å². The number of halogens is 2. The average molecular weight is 355 g/mol. The third-order valence-corrected chi connectivity index (χ3v) is 4.20. The predicted octanol–water partition coefficient (Wildman–Crippen LogP) is 1.16. The summed E-state index contributed by atoms with van der Waals surface area (Å²) < 4.78 is 22.5. The van der Waals surface area contributed by atoms with Gasteiger partial charge in [0.15, 0.2) is 5.82 Å². The summed E-state index contributed by atoms with van der Waals surface area (Å²) in [4.78, 5) is 13.2. The van der Waals surface area contributed by atoms with Crippen molar-refractivity contribution in [3.63, 3.8) is 0 Å². The quantitative estimate of drug-likeness (QED) is 0.761. The van der Waals surface area contributed by atoms with Gasteiger partial charge in [-0.25, -0.2) is 8.42 Å². The molecule has 1 amide bonds. The molecule has 98 valence electrons. The lowest BCUT2D eigenvalue weighted by Crippen LogP contribution is -2.26. The van der Waals surface area contributed by atoms with E-state index in [1.165, 1.54) is 4.90 Å². The number of carbonyl (C=O) groups excluding carboxylic acids is 1. The summed E-state index contributed by atoms with van der Waals surface area (Å²) in [5.41, 5.74) is 0. The van der Waals surface area contributed by atoms with E-state index in [1.807, 2.05) is 0 Å². The summed E-state index contributed by atoms with van der Waals surface area (Å²) in [5, 5.41) is 7.65. The zero-order valence-electron chi connectivity index (χ0n) is 9.08. The molecule has 1 unspecified atom stereocenters. The Morgan fingerprint density at radius 1 is 1.44 bits per heavy atom. The molecule has 0 spiro atoms. The molecule has 1 aromatic heterocycles. The van der Waals surface area contributed by atoms with E-state index in [-0.39, 0.29) is 24.0 Å². The fraction of sp³-hybridized carbons (Fsp3) is 0.444. The van der Waals surface area contributed by atoms with Crippen LogP contribution in [0.5, 0.6) is 0 Å². The third-order valence-electron chi connectivity index (χ3n) is 2.53. The largest absolute Gasteiger partial charge is 0.295 e. The third kappa shape index (κ3) is 3.39. The van der Waals surface area contributed by atoms with E-state index in [1.54, 1.807) is 12.1 Å². The van der Waals surface area contributed by atoms with Crippen molar-refractivity contribution < 1.29 is 13.2 Å². The fourth-order valence-electron chi connectivity index (χ4n) is 1.85. The van der Waals surface area contributed by atoms with E-state index in [0.29, 0.717) is 17.0 Å². The molecule has 2 heterocycles. The van der Waals surface area contributed by atoms with Crippen LogP contribution in [0.3, 0.4) is 0 Å². The van der Waals surface area contributed by atoms with Gasteiger partial charge in [-0.2, -0.15) is 0 Å². The lowest BCUT2D eigenvalue weighted by molar-refractivity contribution is -0.117. The number of nitrogens with zero attached hydrogens (tertiary/aromatic N) is 3. The lowest BCUT2D eigenvalue weighted by atomic mass is 10.1. The van der Waals surface area contributed by atoms with Crippen LogP contribution in [0.25, 0.3) is 0 Å². The summed E-state index contributed by atoms with van der Waals surface area (Å²) in [6.45, 7) is 0.293. The molecule has 0 N–H and O–H groups in total. The van der Waals surface area contributed by atoms with Crippen LogP contribution >= 0.6 is 26.6 Å². The number of rotatable bonds is 3. The minimum atomic E-state index is -3.59. The SMILES string of the molecule is O=C1CC(CS(=O)(=O)Cl)CN1c1ccc(Br)nn1. The molecule has 1 saturated heterocycles. The van der Waals surface area contributed by atoms with Crippen LogP contribution in [-0.2, 0) is 13.8 Å². The van der Waals surface area contributed by atoms with Crippen LogP contribution in [0.1, 0.15) is 6.42 Å². The van der Waals surface area contributed by atoms with Gasteiger partial charge in [0.25, 0.3) is 0 Å². The summed E-state index contributed by atoms with van der Waals surface area (Å²) in [6, 6.07) is 3.31. The normalized spacial score (nSPS) is 20.4.